The first-order chi connectivity index (χ1) is 23.6. The van der Waals surface area contributed by atoms with E-state index in [1.54, 1.807) is 0 Å². The SMILES string of the molecule is Cc1cc(-c2cc3ccccc3c3ccccc23)ccc1-c1cccc(-c2ccc(-c3cc4ccccc4c4ccccc34)cc2C)c1. The molecule has 0 aliphatic rings. The first kappa shape index (κ1) is 28.3. The Morgan fingerprint density at radius 1 is 0.250 bits per heavy atom. The van der Waals surface area contributed by atoms with Crippen molar-refractivity contribution in [1.29, 1.82) is 0 Å². The molecule has 9 aromatic rings. The molecule has 0 unspecified atom stereocenters. The molecule has 0 aliphatic carbocycles. The molecule has 0 bridgehead atoms. The molecule has 0 radical (unpaired) electrons. The van der Waals surface area contributed by atoms with Gasteiger partial charge in [0.2, 0.25) is 0 Å². The van der Waals surface area contributed by atoms with Gasteiger partial charge in [-0.1, -0.05) is 152 Å². The zero-order valence-electron chi connectivity index (χ0n) is 27.2. The van der Waals surface area contributed by atoms with Gasteiger partial charge in [0.05, 0.1) is 0 Å². The van der Waals surface area contributed by atoms with E-state index in [1.165, 1.54) is 98.7 Å². The molecule has 0 atom stereocenters. The maximum Gasteiger partial charge on any atom is -0.00989 e. The van der Waals surface area contributed by atoms with Crippen molar-refractivity contribution in [2.45, 2.75) is 13.8 Å². The van der Waals surface area contributed by atoms with Gasteiger partial charge >= 0.3 is 0 Å². The Labute approximate surface area is 281 Å². The Kier molecular flexibility index (Phi) is 6.69. The van der Waals surface area contributed by atoms with Gasteiger partial charge in [0.15, 0.2) is 0 Å². The summed E-state index contributed by atoms with van der Waals surface area (Å²) < 4.78 is 0. The lowest BCUT2D eigenvalue weighted by Gasteiger charge is -2.15. The van der Waals surface area contributed by atoms with Gasteiger partial charge in [0.1, 0.15) is 0 Å². The molecule has 9 aromatic carbocycles. The van der Waals surface area contributed by atoms with Crippen LogP contribution in [0.4, 0.5) is 0 Å². The minimum absolute atomic E-state index is 1.24. The van der Waals surface area contributed by atoms with E-state index in [4.69, 9.17) is 0 Å². The lowest BCUT2D eigenvalue weighted by Crippen LogP contribution is -1.90. The van der Waals surface area contributed by atoms with Crippen molar-refractivity contribution >= 4 is 43.1 Å². The van der Waals surface area contributed by atoms with Gasteiger partial charge in [-0.3, -0.25) is 0 Å². The number of hydrogen-bond donors (Lipinski definition) is 0. The van der Waals surface area contributed by atoms with E-state index in [0.717, 1.165) is 0 Å². The fraction of sp³-hybridized carbons (Fsp3) is 0.0417. The molecule has 0 fully saturated rings. The maximum atomic E-state index is 2.35. The highest BCUT2D eigenvalue weighted by Crippen LogP contribution is 2.39. The zero-order chi connectivity index (χ0) is 32.2. The van der Waals surface area contributed by atoms with Gasteiger partial charge in [-0.25, -0.2) is 0 Å². The molecule has 0 saturated heterocycles. The van der Waals surface area contributed by atoms with E-state index in [0.29, 0.717) is 0 Å². The van der Waals surface area contributed by atoms with E-state index >= 15 is 0 Å². The second-order valence-electron chi connectivity index (χ2n) is 13.0. The van der Waals surface area contributed by atoms with Crippen LogP contribution in [0.2, 0.25) is 0 Å². The highest BCUT2D eigenvalue weighted by molar-refractivity contribution is 6.15. The average Bonchev–Trinajstić information content (AvgIpc) is 3.14. The van der Waals surface area contributed by atoms with E-state index in [-0.39, 0.29) is 0 Å². The monoisotopic (exact) mass is 610 g/mol. The molecular formula is C48H34. The maximum absolute atomic E-state index is 2.35. The van der Waals surface area contributed by atoms with Crippen LogP contribution in [0.25, 0.3) is 87.6 Å². The summed E-state index contributed by atoms with van der Waals surface area (Å²) in [5.41, 5.74) is 12.6. The fourth-order valence-electron chi connectivity index (χ4n) is 7.75. The van der Waals surface area contributed by atoms with Crippen LogP contribution in [-0.4, -0.2) is 0 Å². The Morgan fingerprint density at radius 3 is 1.06 bits per heavy atom. The summed E-state index contributed by atoms with van der Waals surface area (Å²) in [6, 6.07) is 62.6. The molecule has 0 spiro atoms. The first-order valence-corrected chi connectivity index (χ1v) is 16.8. The highest BCUT2D eigenvalue weighted by atomic mass is 14.2. The van der Waals surface area contributed by atoms with Crippen molar-refractivity contribution in [1.82, 2.24) is 0 Å². The summed E-state index contributed by atoms with van der Waals surface area (Å²) in [5.74, 6) is 0. The zero-order valence-corrected chi connectivity index (χ0v) is 27.2. The Hall–Kier alpha value is -5.98. The minimum Gasteiger partial charge on any atom is -0.0616 e. The van der Waals surface area contributed by atoms with Gasteiger partial charge in [0.25, 0.3) is 0 Å². The summed E-state index contributed by atoms with van der Waals surface area (Å²) in [5, 5.41) is 10.3. The topological polar surface area (TPSA) is 0 Å². The summed E-state index contributed by atoms with van der Waals surface area (Å²) in [4.78, 5) is 0. The van der Waals surface area contributed by atoms with Gasteiger partial charge < -0.3 is 0 Å². The Balaban J connectivity index is 1.09. The standard InChI is InChI=1S/C48H34/c1-31-26-37(47-29-35-12-3-5-16-41(35)43-18-7-9-20-45(43)47)22-24-39(31)33-14-11-15-34(28-33)40-25-23-38(27-32(40)2)48-30-36-13-4-6-17-42(36)44-19-8-10-21-46(44)48/h3-30H,1-2H3. The molecule has 0 saturated carbocycles. The van der Waals surface area contributed by atoms with Crippen LogP contribution in [0.5, 0.6) is 0 Å². The van der Waals surface area contributed by atoms with E-state index in [1.807, 2.05) is 0 Å². The number of aryl methyl sites for hydroxylation is 2. The molecule has 0 amide bonds. The summed E-state index contributed by atoms with van der Waals surface area (Å²) in [6.45, 7) is 4.48. The van der Waals surface area contributed by atoms with Crippen LogP contribution in [-0.2, 0) is 0 Å². The van der Waals surface area contributed by atoms with Crippen LogP contribution in [0.1, 0.15) is 11.1 Å². The van der Waals surface area contributed by atoms with E-state index < -0.39 is 0 Å². The molecule has 9 rings (SSSR count). The fourth-order valence-corrected chi connectivity index (χ4v) is 7.75. The number of fused-ring (bicyclic) bond motifs is 6. The predicted molar refractivity (Wildman–Crippen MR) is 208 cm³/mol. The molecule has 48 heavy (non-hydrogen) atoms. The largest absolute Gasteiger partial charge is 0.0616 e. The van der Waals surface area contributed by atoms with Crippen LogP contribution < -0.4 is 0 Å². The molecular weight excluding hydrogens is 577 g/mol. The van der Waals surface area contributed by atoms with Crippen molar-refractivity contribution in [3.63, 3.8) is 0 Å². The molecule has 226 valence electrons. The van der Waals surface area contributed by atoms with Crippen molar-refractivity contribution in [3.05, 3.63) is 181 Å². The summed E-state index contributed by atoms with van der Waals surface area (Å²) >= 11 is 0. The van der Waals surface area contributed by atoms with Crippen LogP contribution in [0.3, 0.4) is 0 Å². The number of rotatable bonds is 4. The van der Waals surface area contributed by atoms with Crippen molar-refractivity contribution in [2.24, 2.45) is 0 Å². The van der Waals surface area contributed by atoms with Crippen LogP contribution in [0, 0.1) is 13.8 Å². The molecule has 0 aliphatic heterocycles. The lowest BCUT2D eigenvalue weighted by molar-refractivity contribution is 1.44. The number of benzene rings is 9. The molecule has 0 N–H and O–H groups in total. The predicted octanol–water partition coefficient (Wildman–Crippen LogP) is 13.6. The molecule has 0 heteroatoms. The second kappa shape index (κ2) is 11.4. The molecule has 0 heterocycles. The highest BCUT2D eigenvalue weighted by Gasteiger charge is 2.13. The third kappa shape index (κ3) is 4.69. The smallest absolute Gasteiger partial charge is 0.00989 e. The second-order valence-corrected chi connectivity index (χ2v) is 13.0. The number of hydrogen-bond acceptors (Lipinski definition) is 0. The lowest BCUT2D eigenvalue weighted by atomic mass is 9.89. The normalized spacial score (nSPS) is 11.5. The minimum atomic E-state index is 1.24. The molecule has 0 nitrogen and oxygen atoms in total. The Bertz CT molecular complexity index is 2510. The Morgan fingerprint density at radius 2 is 0.625 bits per heavy atom. The van der Waals surface area contributed by atoms with Crippen molar-refractivity contribution < 1.29 is 0 Å². The van der Waals surface area contributed by atoms with Crippen LogP contribution in [0.15, 0.2) is 170 Å². The van der Waals surface area contributed by atoms with E-state index in [2.05, 4.69) is 184 Å². The van der Waals surface area contributed by atoms with Crippen LogP contribution >= 0.6 is 0 Å². The average molecular weight is 611 g/mol. The van der Waals surface area contributed by atoms with Gasteiger partial charge in [-0.05, 0) is 131 Å². The van der Waals surface area contributed by atoms with E-state index in [9.17, 15) is 0 Å². The third-order valence-electron chi connectivity index (χ3n) is 10.1. The van der Waals surface area contributed by atoms with Gasteiger partial charge in [0, 0.05) is 0 Å². The molecule has 0 aromatic heterocycles. The van der Waals surface area contributed by atoms with Gasteiger partial charge in [-0.15, -0.1) is 0 Å². The quantitative estimate of drug-likeness (QED) is 0.174. The van der Waals surface area contributed by atoms with Crippen molar-refractivity contribution in [3.8, 4) is 44.5 Å². The third-order valence-corrected chi connectivity index (χ3v) is 10.1. The first-order valence-electron chi connectivity index (χ1n) is 16.8. The summed E-state index contributed by atoms with van der Waals surface area (Å²) in [7, 11) is 0. The van der Waals surface area contributed by atoms with Crippen molar-refractivity contribution in [2.75, 3.05) is 0 Å². The van der Waals surface area contributed by atoms with Gasteiger partial charge in [-0.2, -0.15) is 0 Å². The summed E-state index contributed by atoms with van der Waals surface area (Å²) in [6.07, 6.45) is 0.